The Morgan fingerprint density at radius 2 is 2.06 bits per heavy atom. The van der Waals surface area contributed by atoms with Crippen LogP contribution in [0.5, 0.6) is 0 Å². The molecule has 0 amide bonds. The fourth-order valence-electron chi connectivity index (χ4n) is 2.20. The molecule has 1 aromatic rings. The molecule has 1 unspecified atom stereocenters. The Hall–Kier alpha value is -0.410. The third-order valence-electron chi connectivity index (χ3n) is 3.03. The molecular formula is C14H21BrFN. The highest BCUT2D eigenvalue weighted by atomic mass is 79.9. The molecule has 1 atom stereocenters. The van der Waals surface area contributed by atoms with E-state index in [2.05, 4.69) is 42.0 Å². The fraction of sp³-hybridized carbons (Fsp3) is 0.571. The molecule has 0 fully saturated rings. The lowest BCUT2D eigenvalue weighted by atomic mass is 9.80. The maximum absolute atomic E-state index is 13.2. The normalized spacial score (nSPS) is 13.8. The van der Waals surface area contributed by atoms with E-state index in [4.69, 9.17) is 0 Å². The van der Waals surface area contributed by atoms with Gasteiger partial charge in [0.2, 0.25) is 0 Å². The van der Waals surface area contributed by atoms with E-state index < -0.39 is 0 Å². The smallest absolute Gasteiger partial charge is 0.123 e. The molecule has 0 spiro atoms. The van der Waals surface area contributed by atoms with Crippen LogP contribution in [0.25, 0.3) is 0 Å². The summed E-state index contributed by atoms with van der Waals surface area (Å²) in [4.78, 5) is 0. The fourth-order valence-corrected chi connectivity index (χ4v) is 2.58. The van der Waals surface area contributed by atoms with E-state index in [1.807, 2.05) is 7.05 Å². The third kappa shape index (κ3) is 4.76. The van der Waals surface area contributed by atoms with Crippen molar-refractivity contribution in [1.29, 1.82) is 0 Å². The van der Waals surface area contributed by atoms with E-state index in [1.165, 1.54) is 6.07 Å². The first-order valence-electron chi connectivity index (χ1n) is 5.95. The van der Waals surface area contributed by atoms with Crippen LogP contribution >= 0.6 is 15.9 Å². The molecule has 0 aliphatic carbocycles. The predicted octanol–water partition coefficient (Wildman–Crippen LogP) is 4.15. The van der Waals surface area contributed by atoms with Gasteiger partial charge in [-0.25, -0.2) is 4.39 Å². The van der Waals surface area contributed by atoms with E-state index in [9.17, 15) is 4.39 Å². The molecule has 0 aromatic heterocycles. The lowest BCUT2D eigenvalue weighted by Crippen LogP contribution is -2.29. The van der Waals surface area contributed by atoms with Gasteiger partial charge >= 0.3 is 0 Å². The number of rotatable bonds is 5. The summed E-state index contributed by atoms with van der Waals surface area (Å²) < 4.78 is 14.2. The second-order valence-corrected chi connectivity index (χ2v) is 6.32. The molecule has 0 heterocycles. The first-order valence-corrected chi connectivity index (χ1v) is 6.74. The van der Waals surface area contributed by atoms with Crippen molar-refractivity contribution in [2.45, 2.75) is 39.7 Å². The molecule has 0 saturated carbocycles. The Balaban J connectivity index is 2.78. The van der Waals surface area contributed by atoms with E-state index in [-0.39, 0.29) is 11.2 Å². The highest BCUT2D eigenvalue weighted by Gasteiger charge is 2.22. The van der Waals surface area contributed by atoms with E-state index in [0.29, 0.717) is 6.04 Å². The van der Waals surface area contributed by atoms with Crippen molar-refractivity contribution in [3.63, 3.8) is 0 Å². The standard InChI is InChI=1S/C14H21BrFN/c1-10(17-4)8-14(2,3)9-11-7-12(16)5-6-13(11)15/h5-7,10,17H,8-9H2,1-4H3. The van der Waals surface area contributed by atoms with Crippen LogP contribution in [0.3, 0.4) is 0 Å². The molecule has 0 bridgehead atoms. The van der Waals surface area contributed by atoms with E-state index in [0.717, 1.165) is 22.9 Å². The van der Waals surface area contributed by atoms with Gasteiger partial charge in [-0.15, -0.1) is 0 Å². The van der Waals surface area contributed by atoms with Crippen LogP contribution < -0.4 is 5.32 Å². The van der Waals surface area contributed by atoms with Gasteiger partial charge in [-0.2, -0.15) is 0 Å². The van der Waals surface area contributed by atoms with Crippen molar-refractivity contribution in [2.75, 3.05) is 7.05 Å². The lowest BCUT2D eigenvalue weighted by Gasteiger charge is -2.28. The van der Waals surface area contributed by atoms with E-state index >= 15 is 0 Å². The minimum atomic E-state index is -0.166. The van der Waals surface area contributed by atoms with Crippen LogP contribution in [-0.2, 0) is 6.42 Å². The largest absolute Gasteiger partial charge is 0.317 e. The van der Waals surface area contributed by atoms with Crippen molar-refractivity contribution in [1.82, 2.24) is 5.32 Å². The van der Waals surface area contributed by atoms with Gasteiger partial charge in [0.25, 0.3) is 0 Å². The number of nitrogens with one attached hydrogen (secondary N) is 1. The van der Waals surface area contributed by atoms with Gasteiger partial charge in [-0.1, -0.05) is 29.8 Å². The maximum atomic E-state index is 13.2. The third-order valence-corrected chi connectivity index (χ3v) is 3.80. The monoisotopic (exact) mass is 301 g/mol. The first kappa shape index (κ1) is 14.7. The van der Waals surface area contributed by atoms with Gasteiger partial charge in [0.1, 0.15) is 5.82 Å². The van der Waals surface area contributed by atoms with Gasteiger partial charge in [-0.05, 0) is 56.0 Å². The quantitative estimate of drug-likeness (QED) is 0.861. The zero-order valence-corrected chi connectivity index (χ0v) is 12.6. The summed E-state index contributed by atoms with van der Waals surface area (Å²) in [6.07, 6.45) is 1.93. The minimum Gasteiger partial charge on any atom is -0.317 e. The summed E-state index contributed by atoms with van der Waals surface area (Å²) in [7, 11) is 1.97. The average Bonchev–Trinajstić information content (AvgIpc) is 2.22. The van der Waals surface area contributed by atoms with Crippen molar-refractivity contribution in [3.8, 4) is 0 Å². The Bertz CT molecular complexity index is 376. The minimum absolute atomic E-state index is 0.152. The lowest BCUT2D eigenvalue weighted by molar-refractivity contribution is 0.293. The summed E-state index contributed by atoms with van der Waals surface area (Å²) in [5.74, 6) is -0.166. The molecule has 0 aliphatic heterocycles. The molecule has 0 aliphatic rings. The Morgan fingerprint density at radius 3 is 2.65 bits per heavy atom. The summed E-state index contributed by atoms with van der Waals surface area (Å²) in [6.45, 7) is 6.61. The first-order chi connectivity index (χ1) is 7.84. The molecule has 3 heteroatoms. The molecule has 1 N–H and O–H groups in total. The SMILES string of the molecule is CNC(C)CC(C)(C)Cc1cc(F)ccc1Br. The number of hydrogen-bond acceptors (Lipinski definition) is 1. The molecule has 0 radical (unpaired) electrons. The van der Waals surface area contributed by atoms with Gasteiger partial charge in [0.15, 0.2) is 0 Å². The Kier molecular flexibility index (Phi) is 5.14. The van der Waals surface area contributed by atoms with Gasteiger partial charge in [0.05, 0.1) is 0 Å². The van der Waals surface area contributed by atoms with Gasteiger partial charge in [0, 0.05) is 10.5 Å². The van der Waals surface area contributed by atoms with Crippen molar-refractivity contribution in [2.24, 2.45) is 5.41 Å². The van der Waals surface area contributed by atoms with E-state index in [1.54, 1.807) is 12.1 Å². The van der Waals surface area contributed by atoms with Gasteiger partial charge in [-0.3, -0.25) is 0 Å². The van der Waals surface area contributed by atoms with Crippen LogP contribution in [0.2, 0.25) is 0 Å². The molecule has 1 rings (SSSR count). The van der Waals surface area contributed by atoms with Crippen LogP contribution in [0.15, 0.2) is 22.7 Å². The van der Waals surface area contributed by atoms with Crippen molar-refractivity contribution < 1.29 is 4.39 Å². The van der Waals surface area contributed by atoms with Crippen LogP contribution in [-0.4, -0.2) is 13.1 Å². The number of halogens is 2. The number of hydrogen-bond donors (Lipinski definition) is 1. The summed E-state index contributed by atoms with van der Waals surface area (Å²) in [5, 5.41) is 3.25. The molecular weight excluding hydrogens is 281 g/mol. The second-order valence-electron chi connectivity index (χ2n) is 5.47. The van der Waals surface area contributed by atoms with Crippen molar-refractivity contribution >= 4 is 15.9 Å². The van der Waals surface area contributed by atoms with Crippen LogP contribution in [0, 0.1) is 11.2 Å². The van der Waals surface area contributed by atoms with Crippen LogP contribution in [0.4, 0.5) is 4.39 Å². The predicted molar refractivity (Wildman–Crippen MR) is 74.7 cm³/mol. The molecule has 1 aromatic carbocycles. The second kappa shape index (κ2) is 5.96. The Labute approximate surface area is 112 Å². The van der Waals surface area contributed by atoms with Crippen molar-refractivity contribution in [3.05, 3.63) is 34.1 Å². The number of benzene rings is 1. The Morgan fingerprint density at radius 1 is 1.41 bits per heavy atom. The maximum Gasteiger partial charge on any atom is 0.123 e. The summed E-state index contributed by atoms with van der Waals surface area (Å²) >= 11 is 3.48. The zero-order chi connectivity index (χ0) is 13.1. The zero-order valence-electron chi connectivity index (χ0n) is 11.0. The highest BCUT2D eigenvalue weighted by molar-refractivity contribution is 9.10. The van der Waals surface area contributed by atoms with Crippen LogP contribution in [0.1, 0.15) is 32.8 Å². The van der Waals surface area contributed by atoms with Gasteiger partial charge < -0.3 is 5.32 Å². The summed E-state index contributed by atoms with van der Waals surface area (Å²) in [5.41, 5.74) is 1.19. The average molecular weight is 302 g/mol. The molecule has 0 saturated heterocycles. The molecule has 17 heavy (non-hydrogen) atoms. The topological polar surface area (TPSA) is 12.0 Å². The molecule has 96 valence electrons. The highest BCUT2D eigenvalue weighted by Crippen LogP contribution is 2.31. The molecule has 1 nitrogen and oxygen atoms in total. The summed E-state index contributed by atoms with van der Waals surface area (Å²) in [6, 6.07) is 5.35.